The zero-order valence-electron chi connectivity index (χ0n) is 18.1. The number of carbonyl (C=O) groups excluding carboxylic acids is 1. The molecule has 0 fully saturated rings. The zero-order chi connectivity index (χ0) is 23.7. The molecule has 1 aliphatic heterocycles. The van der Waals surface area contributed by atoms with Crippen LogP contribution in [0.3, 0.4) is 0 Å². The molecule has 1 amide bonds. The topological polar surface area (TPSA) is 86.3 Å². The van der Waals surface area contributed by atoms with Gasteiger partial charge in [-0.2, -0.15) is 18.3 Å². The highest BCUT2D eigenvalue weighted by Crippen LogP contribution is 2.40. The third-order valence-electron chi connectivity index (χ3n) is 6.17. The molecule has 1 atom stereocenters. The number of benzene rings is 2. The van der Waals surface area contributed by atoms with Gasteiger partial charge in [0.1, 0.15) is 18.2 Å². The van der Waals surface area contributed by atoms with Crippen molar-refractivity contribution in [2.24, 2.45) is 7.05 Å². The number of nitrogen functional groups attached to an aromatic ring is 1. The number of amides is 1. The highest BCUT2D eigenvalue weighted by atomic mass is 19.4. The minimum Gasteiger partial charge on any atom is -0.491 e. The summed E-state index contributed by atoms with van der Waals surface area (Å²) in [6.07, 6.45) is -2.83. The minimum atomic E-state index is -4.46. The molecule has 0 saturated carbocycles. The summed E-state index contributed by atoms with van der Waals surface area (Å²) in [7, 11) is 3.41. The molecule has 3 heterocycles. The molecule has 2 aromatic carbocycles. The van der Waals surface area contributed by atoms with Gasteiger partial charge in [0.05, 0.1) is 34.2 Å². The summed E-state index contributed by atoms with van der Waals surface area (Å²) < 4.78 is 46.3. The van der Waals surface area contributed by atoms with Gasteiger partial charge >= 0.3 is 6.18 Å². The standard InChI is InChI=1S/C23H20F3N5O2/c1-11-6-17-15(20-16(21(27)29-17)9-28-31(20)3)8-14(11)22(32)30(2)18-10-33-19-7-12(23(24,25)26)4-5-13(18)19/h4-9,18H,10H2,1-3H3,(H2,27,29)/t18-/m1/s1. The number of alkyl halides is 3. The van der Waals surface area contributed by atoms with E-state index in [-0.39, 0.29) is 18.3 Å². The van der Waals surface area contributed by atoms with Gasteiger partial charge in [0.15, 0.2) is 0 Å². The first-order chi connectivity index (χ1) is 15.6. The lowest BCUT2D eigenvalue weighted by atomic mass is 10.0. The number of aryl methyl sites for hydroxylation is 2. The zero-order valence-corrected chi connectivity index (χ0v) is 18.1. The molecule has 170 valence electrons. The number of hydrogen-bond donors (Lipinski definition) is 1. The highest BCUT2D eigenvalue weighted by Gasteiger charge is 2.36. The van der Waals surface area contributed by atoms with Crippen LogP contribution in [0, 0.1) is 6.92 Å². The second-order valence-electron chi connectivity index (χ2n) is 8.21. The summed E-state index contributed by atoms with van der Waals surface area (Å²) in [4.78, 5) is 19.4. The summed E-state index contributed by atoms with van der Waals surface area (Å²) >= 11 is 0. The Kier molecular flexibility index (Phi) is 4.52. The summed E-state index contributed by atoms with van der Waals surface area (Å²) in [6, 6.07) is 6.42. The smallest absolute Gasteiger partial charge is 0.416 e. The van der Waals surface area contributed by atoms with E-state index >= 15 is 0 Å². The van der Waals surface area contributed by atoms with E-state index in [9.17, 15) is 18.0 Å². The second-order valence-corrected chi connectivity index (χ2v) is 8.21. The number of hydrogen-bond acceptors (Lipinski definition) is 5. The molecule has 33 heavy (non-hydrogen) atoms. The van der Waals surface area contributed by atoms with Crippen molar-refractivity contribution in [3.05, 3.63) is 58.8 Å². The number of carbonyl (C=O) groups is 1. The van der Waals surface area contributed by atoms with Crippen molar-refractivity contribution in [3.8, 4) is 5.75 Å². The third kappa shape index (κ3) is 3.24. The van der Waals surface area contributed by atoms with E-state index < -0.39 is 17.8 Å². The lowest BCUT2D eigenvalue weighted by molar-refractivity contribution is -0.137. The summed E-state index contributed by atoms with van der Waals surface area (Å²) in [6.45, 7) is 1.89. The van der Waals surface area contributed by atoms with E-state index in [1.54, 1.807) is 44.0 Å². The van der Waals surface area contributed by atoms with Crippen LogP contribution in [0.1, 0.15) is 33.1 Å². The van der Waals surface area contributed by atoms with Gasteiger partial charge in [0, 0.05) is 30.6 Å². The highest BCUT2D eigenvalue weighted by molar-refractivity contribution is 6.10. The van der Waals surface area contributed by atoms with Gasteiger partial charge in [-0.15, -0.1) is 0 Å². The van der Waals surface area contributed by atoms with E-state index in [2.05, 4.69) is 10.1 Å². The summed E-state index contributed by atoms with van der Waals surface area (Å²) in [5, 5.41) is 5.69. The summed E-state index contributed by atoms with van der Waals surface area (Å²) in [5.74, 6) is 0.225. The fraction of sp³-hybridized carbons (Fsp3) is 0.261. The number of anilines is 1. The van der Waals surface area contributed by atoms with Crippen molar-refractivity contribution in [2.45, 2.75) is 19.1 Å². The number of ether oxygens (including phenoxy) is 1. The Morgan fingerprint density at radius 1 is 1.24 bits per heavy atom. The van der Waals surface area contributed by atoms with Crippen LogP contribution in [0.25, 0.3) is 21.8 Å². The van der Waals surface area contributed by atoms with E-state index in [0.717, 1.165) is 23.0 Å². The number of likely N-dealkylation sites (N-methyl/N-ethyl adjacent to an activating group) is 1. The van der Waals surface area contributed by atoms with E-state index in [1.165, 1.54) is 11.0 Å². The number of aromatic nitrogens is 3. The van der Waals surface area contributed by atoms with Crippen molar-refractivity contribution in [1.29, 1.82) is 0 Å². The molecule has 10 heteroatoms. The third-order valence-corrected chi connectivity index (χ3v) is 6.17. The Labute approximate surface area is 186 Å². The van der Waals surface area contributed by atoms with Gasteiger partial charge in [-0.1, -0.05) is 6.07 Å². The van der Waals surface area contributed by atoms with Crippen molar-refractivity contribution in [2.75, 3.05) is 19.4 Å². The van der Waals surface area contributed by atoms with Crippen LogP contribution >= 0.6 is 0 Å². The summed E-state index contributed by atoms with van der Waals surface area (Å²) in [5.41, 5.74) is 8.41. The Morgan fingerprint density at radius 2 is 2.00 bits per heavy atom. The van der Waals surface area contributed by atoms with E-state index in [4.69, 9.17) is 10.5 Å². The van der Waals surface area contributed by atoms with Crippen molar-refractivity contribution in [1.82, 2.24) is 19.7 Å². The van der Waals surface area contributed by atoms with Crippen molar-refractivity contribution in [3.63, 3.8) is 0 Å². The molecule has 0 radical (unpaired) electrons. The maximum atomic E-state index is 13.5. The SMILES string of the molecule is Cc1cc2nc(N)c3cnn(C)c3c2cc1C(=O)N(C)[C@@H]1COc2cc(C(F)(F)F)ccc21. The van der Waals surface area contributed by atoms with Crippen LogP contribution in [-0.2, 0) is 13.2 Å². The van der Waals surface area contributed by atoms with Crippen LogP contribution in [0.15, 0.2) is 36.5 Å². The van der Waals surface area contributed by atoms with Crippen LogP contribution in [0.5, 0.6) is 5.75 Å². The molecular weight excluding hydrogens is 435 g/mol. The first-order valence-corrected chi connectivity index (χ1v) is 10.2. The molecule has 4 aromatic rings. The maximum absolute atomic E-state index is 13.5. The maximum Gasteiger partial charge on any atom is 0.416 e. The Morgan fingerprint density at radius 3 is 2.73 bits per heavy atom. The first kappa shape index (κ1) is 21.0. The predicted molar refractivity (Wildman–Crippen MR) is 117 cm³/mol. The second kappa shape index (κ2) is 7.09. The van der Waals surface area contributed by atoms with Crippen molar-refractivity contribution < 1.29 is 22.7 Å². The lowest BCUT2D eigenvalue weighted by Crippen LogP contribution is -2.32. The number of pyridine rings is 1. The Bertz CT molecular complexity index is 1440. The molecule has 2 N–H and O–H groups in total. The fourth-order valence-corrected chi connectivity index (χ4v) is 4.36. The van der Waals surface area contributed by atoms with E-state index in [0.29, 0.717) is 33.4 Å². The number of nitrogens with two attached hydrogens (primary N) is 1. The van der Waals surface area contributed by atoms with Crippen LogP contribution in [-0.4, -0.2) is 39.2 Å². The van der Waals surface area contributed by atoms with Crippen LogP contribution in [0.2, 0.25) is 0 Å². The molecule has 0 spiro atoms. The Hall–Kier alpha value is -3.82. The van der Waals surface area contributed by atoms with Crippen molar-refractivity contribution >= 4 is 33.5 Å². The number of fused-ring (bicyclic) bond motifs is 4. The molecule has 5 rings (SSSR count). The molecule has 0 unspecified atom stereocenters. The number of halogens is 3. The molecule has 7 nitrogen and oxygen atoms in total. The quantitative estimate of drug-likeness (QED) is 0.489. The largest absolute Gasteiger partial charge is 0.491 e. The van der Waals surface area contributed by atoms with Gasteiger partial charge in [0.2, 0.25) is 0 Å². The molecule has 0 bridgehead atoms. The van der Waals surface area contributed by atoms with Gasteiger partial charge in [-0.05, 0) is 36.8 Å². The van der Waals surface area contributed by atoms with E-state index in [1.807, 2.05) is 0 Å². The predicted octanol–water partition coefficient (Wildman–Crippen LogP) is 4.24. The van der Waals surface area contributed by atoms with Gasteiger partial charge in [-0.25, -0.2) is 4.98 Å². The molecular formula is C23H20F3N5O2. The minimum absolute atomic E-state index is 0.0789. The van der Waals surface area contributed by atoms with Crippen LogP contribution < -0.4 is 10.5 Å². The fourth-order valence-electron chi connectivity index (χ4n) is 4.36. The molecule has 0 saturated heterocycles. The molecule has 0 aliphatic carbocycles. The Balaban J connectivity index is 1.55. The lowest BCUT2D eigenvalue weighted by Gasteiger charge is -2.25. The normalized spacial score (nSPS) is 15.6. The van der Waals surface area contributed by atoms with Gasteiger partial charge < -0.3 is 15.4 Å². The molecule has 1 aliphatic rings. The monoisotopic (exact) mass is 455 g/mol. The number of rotatable bonds is 2. The molecule has 2 aromatic heterocycles. The van der Waals surface area contributed by atoms with Gasteiger partial charge in [0.25, 0.3) is 5.91 Å². The average molecular weight is 455 g/mol. The first-order valence-electron chi connectivity index (χ1n) is 10.2. The van der Waals surface area contributed by atoms with Gasteiger partial charge in [-0.3, -0.25) is 9.48 Å². The van der Waals surface area contributed by atoms with Crippen LogP contribution in [0.4, 0.5) is 19.0 Å². The number of nitrogens with zero attached hydrogens (tertiary/aromatic N) is 4. The average Bonchev–Trinajstić information content (AvgIpc) is 3.36.